The molecule has 2 aromatic carbocycles. The number of halogens is 1. The van der Waals surface area contributed by atoms with E-state index in [1.807, 2.05) is 20.2 Å². The molecule has 4 rings (SSSR count). The molecule has 8 nitrogen and oxygen atoms in total. The summed E-state index contributed by atoms with van der Waals surface area (Å²) in [6.07, 6.45) is 0.837. The fourth-order valence-corrected chi connectivity index (χ4v) is 5.30. The maximum Gasteiger partial charge on any atom is 0.234 e. The Kier molecular flexibility index (Phi) is 7.51. The van der Waals surface area contributed by atoms with Crippen molar-refractivity contribution >= 4 is 44.2 Å². The standard InChI is InChI=1S/C25H29FN4O4S/c1-28(2)12-5-13-29(25-27-22-19(33-3)10-11-20(34-4)23(22)35-25)24(32)16-14-21(31)30(15-16)18-8-6-17(26)7-9-18/h6-11,16H,5,12-15H2,1-4H3. The number of fused-ring (bicyclic) bond motifs is 1. The van der Waals surface area contributed by atoms with Crippen LogP contribution < -0.4 is 19.3 Å². The van der Waals surface area contributed by atoms with Gasteiger partial charge in [-0.05, 0) is 63.5 Å². The summed E-state index contributed by atoms with van der Waals surface area (Å²) in [6.45, 7) is 1.50. The molecule has 1 aliphatic rings. The zero-order valence-electron chi connectivity index (χ0n) is 20.3. The number of carbonyl (C=O) groups is 2. The van der Waals surface area contributed by atoms with Crippen LogP contribution in [0, 0.1) is 11.7 Å². The first-order chi connectivity index (χ1) is 16.8. The number of ether oxygens (including phenoxy) is 2. The van der Waals surface area contributed by atoms with Crippen LogP contribution in [0.15, 0.2) is 36.4 Å². The highest BCUT2D eigenvalue weighted by atomic mass is 32.1. The van der Waals surface area contributed by atoms with Crippen molar-refractivity contribution in [3.63, 3.8) is 0 Å². The first-order valence-corrected chi connectivity index (χ1v) is 12.2. The molecular formula is C25H29FN4O4S. The molecule has 0 radical (unpaired) electrons. The number of carbonyl (C=O) groups excluding carboxylic acids is 2. The lowest BCUT2D eigenvalue weighted by Gasteiger charge is -2.24. The van der Waals surface area contributed by atoms with Crippen molar-refractivity contribution in [1.29, 1.82) is 0 Å². The number of anilines is 2. The minimum atomic E-state index is -0.525. The van der Waals surface area contributed by atoms with Gasteiger partial charge >= 0.3 is 0 Å². The summed E-state index contributed by atoms with van der Waals surface area (Å²) in [7, 11) is 7.13. The second-order valence-electron chi connectivity index (χ2n) is 8.67. The quantitative estimate of drug-likeness (QED) is 0.445. The summed E-state index contributed by atoms with van der Waals surface area (Å²) in [4.78, 5) is 36.6. The number of thiazole rings is 1. The molecule has 2 heterocycles. The minimum Gasteiger partial charge on any atom is -0.495 e. The molecule has 1 aromatic heterocycles. The van der Waals surface area contributed by atoms with E-state index in [-0.39, 0.29) is 30.6 Å². The maximum absolute atomic E-state index is 13.8. The third-order valence-corrected chi connectivity index (χ3v) is 7.09. The van der Waals surface area contributed by atoms with E-state index in [2.05, 4.69) is 4.90 Å². The van der Waals surface area contributed by atoms with Crippen LogP contribution in [0.5, 0.6) is 11.5 Å². The van der Waals surface area contributed by atoms with Crippen LogP contribution in [0.3, 0.4) is 0 Å². The molecule has 1 atom stereocenters. The van der Waals surface area contributed by atoms with Crippen LogP contribution in [0.25, 0.3) is 10.2 Å². The molecule has 1 saturated heterocycles. The van der Waals surface area contributed by atoms with Crippen molar-refractivity contribution < 1.29 is 23.5 Å². The Hall–Kier alpha value is -3.24. The van der Waals surface area contributed by atoms with Crippen LogP contribution in [0.2, 0.25) is 0 Å². The molecule has 10 heteroatoms. The molecule has 0 spiro atoms. The van der Waals surface area contributed by atoms with Crippen molar-refractivity contribution in [3.05, 3.63) is 42.2 Å². The lowest BCUT2D eigenvalue weighted by molar-refractivity contribution is -0.124. The summed E-state index contributed by atoms with van der Waals surface area (Å²) >= 11 is 1.37. The van der Waals surface area contributed by atoms with Crippen LogP contribution in [-0.4, -0.2) is 69.6 Å². The van der Waals surface area contributed by atoms with Crippen molar-refractivity contribution in [2.45, 2.75) is 12.8 Å². The number of benzene rings is 2. The minimum absolute atomic E-state index is 0.0952. The van der Waals surface area contributed by atoms with Gasteiger partial charge in [-0.25, -0.2) is 9.37 Å². The van der Waals surface area contributed by atoms with Gasteiger partial charge in [0.25, 0.3) is 0 Å². The van der Waals surface area contributed by atoms with Gasteiger partial charge in [-0.1, -0.05) is 11.3 Å². The monoisotopic (exact) mass is 500 g/mol. The number of hydrogen-bond donors (Lipinski definition) is 0. The zero-order chi connectivity index (χ0) is 25.1. The van der Waals surface area contributed by atoms with E-state index in [1.54, 1.807) is 42.2 Å². The molecule has 0 aliphatic carbocycles. The number of nitrogens with zero attached hydrogens (tertiary/aromatic N) is 4. The Morgan fingerprint density at radius 3 is 2.46 bits per heavy atom. The van der Waals surface area contributed by atoms with Gasteiger partial charge < -0.3 is 19.3 Å². The first kappa shape index (κ1) is 24.9. The second kappa shape index (κ2) is 10.6. The van der Waals surface area contributed by atoms with E-state index < -0.39 is 5.92 Å². The largest absolute Gasteiger partial charge is 0.495 e. The number of amides is 2. The average Bonchev–Trinajstić information content (AvgIpc) is 3.45. The van der Waals surface area contributed by atoms with Crippen molar-refractivity contribution in [2.24, 2.45) is 5.92 Å². The van der Waals surface area contributed by atoms with E-state index in [0.717, 1.165) is 17.7 Å². The topological polar surface area (TPSA) is 75.2 Å². The Balaban J connectivity index is 1.64. The predicted octanol–water partition coefficient (Wildman–Crippen LogP) is 3.79. The molecular weight excluding hydrogens is 471 g/mol. The normalized spacial score (nSPS) is 15.8. The van der Waals surface area contributed by atoms with Crippen molar-refractivity contribution in [1.82, 2.24) is 9.88 Å². The Bertz CT molecular complexity index is 1170. The van der Waals surface area contributed by atoms with Gasteiger partial charge in [-0.3, -0.25) is 14.5 Å². The third kappa shape index (κ3) is 5.23. The maximum atomic E-state index is 13.8. The molecule has 3 aromatic rings. The Morgan fingerprint density at radius 2 is 1.80 bits per heavy atom. The summed E-state index contributed by atoms with van der Waals surface area (Å²) in [6, 6.07) is 9.35. The zero-order valence-corrected chi connectivity index (χ0v) is 21.1. The lowest BCUT2D eigenvalue weighted by atomic mass is 10.1. The number of rotatable bonds is 9. The van der Waals surface area contributed by atoms with Gasteiger partial charge in [0, 0.05) is 25.2 Å². The smallest absolute Gasteiger partial charge is 0.234 e. The molecule has 1 fully saturated rings. The van der Waals surface area contributed by atoms with Crippen LogP contribution in [0.1, 0.15) is 12.8 Å². The highest BCUT2D eigenvalue weighted by Crippen LogP contribution is 2.41. The SMILES string of the molecule is COc1ccc(OC)c2sc(N(CCCN(C)C)C(=O)C3CC(=O)N(c4ccc(F)cc4)C3)nc12. The van der Waals surface area contributed by atoms with Crippen molar-refractivity contribution in [3.8, 4) is 11.5 Å². The fraction of sp³-hybridized carbons (Fsp3) is 0.400. The van der Waals surface area contributed by atoms with Crippen LogP contribution in [0.4, 0.5) is 15.2 Å². The molecule has 35 heavy (non-hydrogen) atoms. The van der Waals surface area contributed by atoms with Gasteiger partial charge in [0.05, 0.1) is 20.1 Å². The van der Waals surface area contributed by atoms with Crippen molar-refractivity contribution in [2.75, 3.05) is 57.7 Å². The summed E-state index contributed by atoms with van der Waals surface area (Å²) in [5.41, 5.74) is 1.22. The summed E-state index contributed by atoms with van der Waals surface area (Å²) in [5, 5.41) is 0.541. The third-order valence-electron chi connectivity index (χ3n) is 6.00. The summed E-state index contributed by atoms with van der Waals surface area (Å²) < 4.78 is 25.1. The van der Waals surface area contributed by atoms with E-state index in [0.29, 0.717) is 34.4 Å². The van der Waals surface area contributed by atoms with Gasteiger partial charge in [0.15, 0.2) is 5.13 Å². The number of aromatic nitrogens is 1. The molecule has 1 unspecified atom stereocenters. The average molecular weight is 501 g/mol. The van der Waals surface area contributed by atoms with Crippen LogP contribution in [-0.2, 0) is 9.59 Å². The molecule has 2 amide bonds. The highest BCUT2D eigenvalue weighted by Gasteiger charge is 2.38. The van der Waals surface area contributed by atoms with E-state index in [4.69, 9.17) is 14.5 Å². The molecule has 186 valence electrons. The number of methoxy groups -OCH3 is 2. The van der Waals surface area contributed by atoms with Crippen LogP contribution >= 0.6 is 11.3 Å². The lowest BCUT2D eigenvalue weighted by Crippen LogP contribution is -2.39. The highest BCUT2D eigenvalue weighted by molar-refractivity contribution is 7.22. The van der Waals surface area contributed by atoms with Gasteiger partial charge in [-0.15, -0.1) is 0 Å². The second-order valence-corrected chi connectivity index (χ2v) is 9.65. The van der Waals surface area contributed by atoms with Gasteiger partial charge in [0.2, 0.25) is 11.8 Å². The molecule has 0 bridgehead atoms. The van der Waals surface area contributed by atoms with E-state index in [1.165, 1.54) is 23.5 Å². The molecule has 0 N–H and O–H groups in total. The summed E-state index contributed by atoms with van der Waals surface area (Å²) in [5.74, 6) is 0.0466. The van der Waals surface area contributed by atoms with E-state index >= 15 is 0 Å². The fourth-order valence-electron chi connectivity index (χ4n) is 4.20. The van der Waals surface area contributed by atoms with Gasteiger partial charge in [0.1, 0.15) is 27.5 Å². The first-order valence-electron chi connectivity index (χ1n) is 11.4. The Morgan fingerprint density at radius 1 is 1.11 bits per heavy atom. The van der Waals surface area contributed by atoms with Gasteiger partial charge in [-0.2, -0.15) is 0 Å². The predicted molar refractivity (Wildman–Crippen MR) is 135 cm³/mol. The van der Waals surface area contributed by atoms with E-state index in [9.17, 15) is 14.0 Å². The Labute approximate surface area is 207 Å². The number of hydrogen-bond acceptors (Lipinski definition) is 7. The molecule has 1 aliphatic heterocycles. The molecule has 0 saturated carbocycles.